The van der Waals surface area contributed by atoms with E-state index in [1.54, 1.807) is 12.3 Å². The summed E-state index contributed by atoms with van der Waals surface area (Å²) in [6.45, 7) is -0.355. The molecular weight excluding hydrogens is 387 g/mol. The normalized spacial score (nSPS) is 17.9. The number of ether oxygens (including phenoxy) is 2. The van der Waals surface area contributed by atoms with Crippen LogP contribution in [-0.4, -0.2) is 30.3 Å². The maximum Gasteiger partial charge on any atom is 0.343 e. The number of anilines is 1. The van der Waals surface area contributed by atoms with Crippen molar-refractivity contribution in [2.24, 2.45) is 0 Å². The molecule has 1 aromatic carbocycles. The van der Waals surface area contributed by atoms with Crippen molar-refractivity contribution in [2.45, 2.75) is 69.9 Å². The van der Waals surface area contributed by atoms with E-state index in [9.17, 15) is 14.0 Å². The number of methoxy groups -OCH3 is 1. The molecule has 2 fully saturated rings. The van der Waals surface area contributed by atoms with Crippen LogP contribution in [0.15, 0.2) is 23.1 Å². The molecule has 0 radical (unpaired) electrons. The van der Waals surface area contributed by atoms with Gasteiger partial charge in [0.2, 0.25) is 5.43 Å². The molecule has 1 N–H and O–H groups in total. The molecule has 1 aromatic heterocycles. The van der Waals surface area contributed by atoms with Crippen LogP contribution in [0.1, 0.15) is 63.8 Å². The Labute approximate surface area is 175 Å². The predicted octanol–water partition coefficient (Wildman–Crippen LogP) is 4.55. The van der Waals surface area contributed by atoms with Gasteiger partial charge in [-0.15, -0.1) is 0 Å². The molecule has 2 saturated carbocycles. The Hall–Kier alpha value is -2.57. The molecule has 0 bridgehead atoms. The summed E-state index contributed by atoms with van der Waals surface area (Å²) in [4.78, 5) is 24.4. The van der Waals surface area contributed by atoms with Crippen LogP contribution in [0.5, 0.6) is 5.75 Å². The van der Waals surface area contributed by atoms with Crippen LogP contribution >= 0.6 is 0 Å². The molecule has 0 unspecified atom stereocenters. The monoisotopic (exact) mass is 416 g/mol. The van der Waals surface area contributed by atoms with Crippen LogP contribution in [0.2, 0.25) is 0 Å². The van der Waals surface area contributed by atoms with Gasteiger partial charge in [-0.2, -0.15) is 0 Å². The van der Waals surface area contributed by atoms with Crippen molar-refractivity contribution in [2.75, 3.05) is 19.0 Å². The van der Waals surface area contributed by atoms with Gasteiger partial charge in [0.05, 0.1) is 29.9 Å². The molecular formula is C23H29FN2O4. The molecule has 2 aliphatic carbocycles. The van der Waals surface area contributed by atoms with Gasteiger partial charge < -0.3 is 19.4 Å². The zero-order valence-electron chi connectivity index (χ0n) is 17.4. The first-order valence-corrected chi connectivity index (χ1v) is 10.9. The predicted molar refractivity (Wildman–Crippen MR) is 114 cm³/mol. The highest BCUT2D eigenvalue weighted by atomic mass is 19.1. The molecule has 2 aliphatic rings. The number of halogens is 1. The second-order valence-electron chi connectivity index (χ2n) is 8.36. The van der Waals surface area contributed by atoms with Gasteiger partial charge in [-0.25, -0.2) is 9.18 Å². The van der Waals surface area contributed by atoms with Gasteiger partial charge in [0.15, 0.2) is 12.4 Å². The fourth-order valence-electron chi connectivity index (χ4n) is 4.70. The maximum absolute atomic E-state index is 14.9. The molecule has 0 aliphatic heterocycles. The maximum atomic E-state index is 14.9. The molecule has 0 spiro atoms. The van der Waals surface area contributed by atoms with E-state index >= 15 is 0 Å². The zero-order chi connectivity index (χ0) is 21.1. The highest BCUT2D eigenvalue weighted by Crippen LogP contribution is 2.34. The molecule has 0 amide bonds. The van der Waals surface area contributed by atoms with Gasteiger partial charge >= 0.3 is 5.97 Å². The lowest BCUT2D eigenvalue weighted by Gasteiger charge is -2.25. The Kier molecular flexibility index (Phi) is 6.25. The number of hydrogen-bond donors (Lipinski definition) is 1. The minimum atomic E-state index is -0.569. The van der Waals surface area contributed by atoms with Crippen molar-refractivity contribution in [3.8, 4) is 5.75 Å². The Morgan fingerprint density at radius 2 is 1.83 bits per heavy atom. The Bertz CT molecular complexity index is 975. The van der Waals surface area contributed by atoms with E-state index in [0.29, 0.717) is 11.2 Å². The molecule has 6 nitrogen and oxygen atoms in total. The topological polar surface area (TPSA) is 69.6 Å². The van der Waals surface area contributed by atoms with Crippen LogP contribution in [0.25, 0.3) is 10.9 Å². The van der Waals surface area contributed by atoms with Crippen molar-refractivity contribution in [1.82, 2.24) is 4.57 Å². The third-order valence-electron chi connectivity index (χ3n) is 6.34. The minimum absolute atomic E-state index is 0.0483. The van der Waals surface area contributed by atoms with E-state index in [-0.39, 0.29) is 29.8 Å². The summed E-state index contributed by atoms with van der Waals surface area (Å²) >= 11 is 0. The number of aromatic nitrogens is 1. The SMILES string of the molecule is COC(=O)COc1cn(C2CCCC2)c2cc(NC3CCCCC3)c(F)cc2c1=O. The first kappa shape index (κ1) is 20.7. The highest BCUT2D eigenvalue weighted by molar-refractivity contribution is 5.84. The summed E-state index contributed by atoms with van der Waals surface area (Å²) in [5, 5.41) is 3.63. The van der Waals surface area contributed by atoms with Gasteiger partial charge in [0.1, 0.15) is 5.82 Å². The lowest BCUT2D eigenvalue weighted by molar-refractivity contribution is -0.142. The average molecular weight is 416 g/mol. The second-order valence-corrected chi connectivity index (χ2v) is 8.36. The van der Waals surface area contributed by atoms with E-state index < -0.39 is 17.2 Å². The Morgan fingerprint density at radius 3 is 2.53 bits per heavy atom. The number of nitrogens with zero attached hydrogens (tertiary/aromatic N) is 1. The molecule has 4 rings (SSSR count). The smallest absolute Gasteiger partial charge is 0.343 e. The summed E-state index contributed by atoms with van der Waals surface area (Å²) in [5.41, 5.74) is 0.743. The zero-order valence-corrected chi connectivity index (χ0v) is 17.4. The summed E-state index contributed by atoms with van der Waals surface area (Å²) in [6, 6.07) is 3.56. The van der Waals surface area contributed by atoms with E-state index in [1.165, 1.54) is 19.6 Å². The Morgan fingerprint density at radius 1 is 1.13 bits per heavy atom. The number of carbonyl (C=O) groups is 1. The van der Waals surface area contributed by atoms with Gasteiger partial charge in [-0.3, -0.25) is 4.79 Å². The number of nitrogens with one attached hydrogen (secondary N) is 1. The number of hydrogen-bond acceptors (Lipinski definition) is 5. The largest absolute Gasteiger partial charge is 0.476 e. The van der Waals surface area contributed by atoms with Crippen molar-refractivity contribution in [1.29, 1.82) is 0 Å². The van der Waals surface area contributed by atoms with Crippen LogP contribution in [0, 0.1) is 5.82 Å². The van der Waals surface area contributed by atoms with Crippen molar-refractivity contribution in [3.63, 3.8) is 0 Å². The summed E-state index contributed by atoms with van der Waals surface area (Å²) < 4.78 is 27.0. The number of pyridine rings is 1. The van der Waals surface area contributed by atoms with Crippen molar-refractivity contribution < 1.29 is 18.7 Å². The second kappa shape index (κ2) is 9.06. The highest BCUT2D eigenvalue weighted by Gasteiger charge is 2.23. The fourth-order valence-corrected chi connectivity index (χ4v) is 4.70. The van der Waals surface area contributed by atoms with Crippen LogP contribution in [-0.2, 0) is 9.53 Å². The third kappa shape index (κ3) is 4.30. The fraction of sp³-hybridized carbons (Fsp3) is 0.565. The standard InChI is InChI=1S/C23H29FN2O4/c1-29-22(27)14-30-21-13-26(16-9-5-6-10-16)20-12-19(18(24)11-17(20)23(21)28)25-15-7-3-2-4-8-15/h11-13,15-16,25H,2-10,14H2,1H3. The van der Waals surface area contributed by atoms with Crippen LogP contribution in [0.4, 0.5) is 10.1 Å². The van der Waals surface area contributed by atoms with Crippen molar-refractivity contribution in [3.05, 3.63) is 34.4 Å². The first-order chi connectivity index (χ1) is 14.6. The molecule has 2 aromatic rings. The summed E-state index contributed by atoms with van der Waals surface area (Å²) in [6.07, 6.45) is 11.5. The molecule has 1 heterocycles. The van der Waals surface area contributed by atoms with Gasteiger partial charge in [0, 0.05) is 12.1 Å². The van der Waals surface area contributed by atoms with Crippen LogP contribution in [0.3, 0.4) is 0 Å². The van der Waals surface area contributed by atoms with Crippen molar-refractivity contribution >= 4 is 22.6 Å². The average Bonchev–Trinajstić information content (AvgIpc) is 3.29. The summed E-state index contributed by atoms with van der Waals surface area (Å²) in [7, 11) is 1.26. The van der Waals surface area contributed by atoms with Gasteiger partial charge in [-0.1, -0.05) is 32.1 Å². The molecule has 7 heteroatoms. The number of fused-ring (bicyclic) bond motifs is 1. The first-order valence-electron chi connectivity index (χ1n) is 10.9. The number of benzene rings is 1. The van der Waals surface area contributed by atoms with E-state index in [1.807, 2.05) is 4.57 Å². The van der Waals surface area contributed by atoms with Crippen LogP contribution < -0.4 is 15.5 Å². The number of rotatable bonds is 6. The molecule has 30 heavy (non-hydrogen) atoms. The molecule has 0 saturated heterocycles. The third-order valence-corrected chi connectivity index (χ3v) is 6.34. The van der Waals surface area contributed by atoms with Gasteiger partial charge in [-0.05, 0) is 37.8 Å². The number of esters is 1. The number of carbonyl (C=O) groups excluding carboxylic acids is 1. The van der Waals surface area contributed by atoms with E-state index in [4.69, 9.17) is 4.74 Å². The van der Waals surface area contributed by atoms with E-state index in [2.05, 4.69) is 10.1 Å². The van der Waals surface area contributed by atoms with E-state index in [0.717, 1.165) is 51.4 Å². The lowest BCUT2D eigenvalue weighted by atomic mass is 9.95. The molecule has 162 valence electrons. The lowest BCUT2D eigenvalue weighted by Crippen LogP contribution is -2.23. The quantitative estimate of drug-likeness (QED) is 0.700. The Balaban J connectivity index is 1.76. The summed E-state index contributed by atoms with van der Waals surface area (Å²) in [5.74, 6) is -0.958. The van der Waals surface area contributed by atoms with Gasteiger partial charge in [0.25, 0.3) is 0 Å². The minimum Gasteiger partial charge on any atom is -0.476 e. The molecule has 0 atom stereocenters.